The molecule has 0 aliphatic carbocycles. The molecule has 1 N–H and O–H groups in total. The number of alkyl halides is 3. The monoisotopic (exact) mass is 513 g/mol. The lowest BCUT2D eigenvalue weighted by Crippen LogP contribution is -2.03. The number of thiazole rings is 1. The van der Waals surface area contributed by atoms with E-state index in [0.29, 0.717) is 27.1 Å². The first kappa shape index (κ1) is 18.9. The van der Waals surface area contributed by atoms with Crippen LogP contribution in [0.3, 0.4) is 0 Å². The largest absolute Gasteiger partial charge is 0.436 e. The van der Waals surface area contributed by atoms with E-state index < -0.39 is 11.7 Å². The molecule has 0 bridgehead atoms. The summed E-state index contributed by atoms with van der Waals surface area (Å²) >= 11 is 3.42. The maximum atomic E-state index is 12.9. The number of para-hydroxylation sites is 1. The van der Waals surface area contributed by atoms with E-state index in [-0.39, 0.29) is 5.52 Å². The van der Waals surface area contributed by atoms with Gasteiger partial charge in [-0.05, 0) is 65.1 Å². The molecule has 0 atom stereocenters. The third kappa shape index (κ3) is 4.04. The number of pyridine rings is 1. The Morgan fingerprint density at radius 2 is 1.86 bits per heavy atom. The Kier molecular flexibility index (Phi) is 5.11. The molecule has 2 heterocycles. The number of rotatable bonds is 4. The molecule has 2 aromatic heterocycles. The summed E-state index contributed by atoms with van der Waals surface area (Å²) in [5, 5.41) is 3.55. The van der Waals surface area contributed by atoms with Crippen molar-refractivity contribution in [3.8, 4) is 11.6 Å². The second-order valence-electron chi connectivity index (χ2n) is 5.71. The van der Waals surface area contributed by atoms with Crippen LogP contribution in [0, 0.1) is 3.57 Å². The van der Waals surface area contributed by atoms with E-state index in [2.05, 4.69) is 37.9 Å². The summed E-state index contributed by atoms with van der Waals surface area (Å²) in [5.74, 6) is 1.01. The van der Waals surface area contributed by atoms with Gasteiger partial charge in [-0.3, -0.25) is 0 Å². The van der Waals surface area contributed by atoms with Crippen LogP contribution in [0.25, 0.3) is 10.2 Å². The Balaban J connectivity index is 1.64. The van der Waals surface area contributed by atoms with Crippen molar-refractivity contribution in [1.29, 1.82) is 0 Å². The normalized spacial score (nSPS) is 11.6. The molecule has 0 aliphatic heterocycles. The van der Waals surface area contributed by atoms with Gasteiger partial charge < -0.3 is 10.1 Å². The third-order valence-electron chi connectivity index (χ3n) is 3.77. The van der Waals surface area contributed by atoms with Crippen LogP contribution in [-0.2, 0) is 6.18 Å². The van der Waals surface area contributed by atoms with Gasteiger partial charge >= 0.3 is 6.18 Å². The lowest BCUT2D eigenvalue weighted by atomic mass is 10.2. The maximum absolute atomic E-state index is 12.9. The lowest BCUT2D eigenvalue weighted by Gasteiger charge is -2.11. The van der Waals surface area contributed by atoms with Crippen molar-refractivity contribution < 1.29 is 17.9 Å². The first-order chi connectivity index (χ1) is 13.4. The zero-order chi connectivity index (χ0) is 19.7. The van der Waals surface area contributed by atoms with Gasteiger partial charge in [0.15, 0.2) is 5.13 Å². The van der Waals surface area contributed by atoms with Crippen molar-refractivity contribution >= 4 is 55.0 Å². The molecule has 4 nitrogen and oxygen atoms in total. The van der Waals surface area contributed by atoms with Gasteiger partial charge in [-0.1, -0.05) is 23.5 Å². The van der Waals surface area contributed by atoms with Crippen molar-refractivity contribution in [3.63, 3.8) is 0 Å². The van der Waals surface area contributed by atoms with Crippen LogP contribution < -0.4 is 10.1 Å². The SMILES string of the molecule is FC(F)(F)c1ccc2sc(Nc3cccnc3Oc3ccccc3I)nc2c1. The number of aromatic nitrogens is 2. The summed E-state index contributed by atoms with van der Waals surface area (Å²) in [6.45, 7) is 0. The van der Waals surface area contributed by atoms with Crippen molar-refractivity contribution in [3.05, 3.63) is 69.9 Å². The molecule has 0 radical (unpaired) electrons. The fourth-order valence-corrected chi connectivity index (χ4v) is 3.83. The summed E-state index contributed by atoms with van der Waals surface area (Å²) in [7, 11) is 0. The molecular weight excluding hydrogens is 502 g/mol. The van der Waals surface area contributed by atoms with Crippen molar-refractivity contribution in [2.75, 3.05) is 5.32 Å². The van der Waals surface area contributed by atoms with E-state index in [0.717, 1.165) is 15.7 Å². The molecule has 0 amide bonds. The van der Waals surface area contributed by atoms with Crippen molar-refractivity contribution in [2.24, 2.45) is 0 Å². The molecule has 0 aliphatic rings. The van der Waals surface area contributed by atoms with Gasteiger partial charge in [0.1, 0.15) is 11.4 Å². The standard InChI is InChI=1S/C19H11F3IN3OS/c20-19(21,22)11-7-8-16-14(10-11)26-18(28-16)25-13-5-3-9-24-17(13)27-15-6-2-1-4-12(15)23/h1-10H,(H,25,26). The molecule has 142 valence electrons. The minimum atomic E-state index is -4.40. The first-order valence-corrected chi connectivity index (χ1v) is 9.92. The molecule has 0 fully saturated rings. The predicted molar refractivity (Wildman–Crippen MR) is 111 cm³/mol. The summed E-state index contributed by atoms with van der Waals surface area (Å²) in [4.78, 5) is 8.52. The number of benzene rings is 2. The number of nitrogens with zero attached hydrogens (tertiary/aromatic N) is 2. The van der Waals surface area contributed by atoms with Gasteiger partial charge in [0.2, 0.25) is 5.88 Å². The molecule has 0 saturated heterocycles. The minimum Gasteiger partial charge on any atom is -0.436 e. The van der Waals surface area contributed by atoms with E-state index >= 15 is 0 Å². The Bertz CT molecular complexity index is 1150. The highest BCUT2D eigenvalue weighted by atomic mass is 127. The highest BCUT2D eigenvalue weighted by Gasteiger charge is 2.30. The van der Waals surface area contributed by atoms with Gasteiger partial charge in [0.05, 0.1) is 19.4 Å². The third-order valence-corrected chi connectivity index (χ3v) is 5.61. The first-order valence-electron chi connectivity index (χ1n) is 8.02. The fraction of sp³-hybridized carbons (Fsp3) is 0.0526. The average molecular weight is 513 g/mol. The Morgan fingerprint density at radius 1 is 1.04 bits per heavy atom. The molecule has 4 aromatic rings. The smallest absolute Gasteiger partial charge is 0.416 e. The number of nitrogens with one attached hydrogen (secondary N) is 1. The number of hydrogen-bond acceptors (Lipinski definition) is 5. The molecule has 0 saturated carbocycles. The summed E-state index contributed by atoms with van der Waals surface area (Å²) in [6, 6.07) is 14.5. The van der Waals surface area contributed by atoms with Crippen LogP contribution in [0.5, 0.6) is 11.6 Å². The van der Waals surface area contributed by atoms with Gasteiger partial charge in [-0.25, -0.2) is 9.97 Å². The Hall–Kier alpha value is -2.40. The van der Waals surface area contributed by atoms with Crippen LogP contribution in [0.4, 0.5) is 24.0 Å². The van der Waals surface area contributed by atoms with Gasteiger partial charge in [-0.2, -0.15) is 13.2 Å². The van der Waals surface area contributed by atoms with Gasteiger partial charge in [0.25, 0.3) is 0 Å². The van der Waals surface area contributed by atoms with Crippen LogP contribution in [0.2, 0.25) is 0 Å². The van der Waals surface area contributed by atoms with Crippen LogP contribution in [-0.4, -0.2) is 9.97 Å². The maximum Gasteiger partial charge on any atom is 0.416 e. The second kappa shape index (κ2) is 7.55. The molecule has 28 heavy (non-hydrogen) atoms. The zero-order valence-corrected chi connectivity index (χ0v) is 17.0. The molecule has 0 unspecified atom stereocenters. The molecular formula is C19H11F3IN3OS. The Labute approximate surface area is 175 Å². The number of halogens is 4. The Morgan fingerprint density at radius 3 is 2.64 bits per heavy atom. The number of ether oxygens (including phenoxy) is 1. The van der Waals surface area contributed by atoms with Crippen molar-refractivity contribution in [2.45, 2.75) is 6.18 Å². The van der Waals surface area contributed by atoms with E-state index in [9.17, 15) is 13.2 Å². The van der Waals surface area contributed by atoms with E-state index in [1.807, 2.05) is 24.3 Å². The topological polar surface area (TPSA) is 47.0 Å². The molecule has 9 heteroatoms. The van der Waals surface area contributed by atoms with Crippen molar-refractivity contribution in [1.82, 2.24) is 9.97 Å². The van der Waals surface area contributed by atoms with E-state index in [1.165, 1.54) is 17.4 Å². The van der Waals surface area contributed by atoms with Crippen LogP contribution >= 0.6 is 33.9 Å². The van der Waals surface area contributed by atoms with E-state index in [4.69, 9.17) is 4.74 Å². The molecule has 0 spiro atoms. The highest BCUT2D eigenvalue weighted by molar-refractivity contribution is 14.1. The number of fused-ring (bicyclic) bond motifs is 1. The molecule has 4 rings (SSSR count). The number of anilines is 2. The minimum absolute atomic E-state index is 0.284. The van der Waals surface area contributed by atoms with Crippen LogP contribution in [0.1, 0.15) is 5.56 Å². The number of hydrogen-bond donors (Lipinski definition) is 1. The predicted octanol–water partition coefficient (Wildman–Crippen LogP) is 6.85. The van der Waals surface area contributed by atoms with E-state index in [1.54, 1.807) is 18.3 Å². The second-order valence-corrected chi connectivity index (χ2v) is 7.91. The molecule has 2 aromatic carbocycles. The lowest BCUT2D eigenvalue weighted by molar-refractivity contribution is -0.137. The highest BCUT2D eigenvalue weighted by Crippen LogP contribution is 2.36. The summed E-state index contributed by atoms with van der Waals surface area (Å²) < 4.78 is 46.2. The van der Waals surface area contributed by atoms with Gasteiger partial charge in [-0.15, -0.1) is 0 Å². The zero-order valence-electron chi connectivity index (χ0n) is 14.0. The quantitative estimate of drug-likeness (QED) is 0.304. The fourth-order valence-electron chi connectivity index (χ4n) is 2.47. The summed E-state index contributed by atoms with van der Waals surface area (Å²) in [5.41, 5.74) is 0.129. The average Bonchev–Trinajstić information content (AvgIpc) is 3.06. The van der Waals surface area contributed by atoms with Gasteiger partial charge in [0, 0.05) is 6.20 Å². The summed E-state index contributed by atoms with van der Waals surface area (Å²) in [6.07, 6.45) is -2.80. The van der Waals surface area contributed by atoms with Crippen LogP contribution in [0.15, 0.2) is 60.8 Å².